The third kappa shape index (κ3) is 4.25. The van der Waals surface area contributed by atoms with E-state index in [1.165, 1.54) is 6.07 Å². The van der Waals surface area contributed by atoms with Gasteiger partial charge in [0, 0.05) is 0 Å². The van der Waals surface area contributed by atoms with Crippen molar-refractivity contribution in [2.45, 2.75) is 18.6 Å². The lowest BCUT2D eigenvalue weighted by Gasteiger charge is -2.26. The maximum Gasteiger partial charge on any atom is 0.525 e. The molecule has 0 aliphatic rings. The number of halogens is 3. The Morgan fingerprint density at radius 1 is 1.21 bits per heavy atom. The second-order valence-corrected chi connectivity index (χ2v) is 3.73. The number of benzene rings is 1. The van der Waals surface area contributed by atoms with Crippen molar-refractivity contribution >= 4 is 0 Å². The van der Waals surface area contributed by atoms with Gasteiger partial charge in [-0.3, -0.25) is 0 Å². The van der Waals surface area contributed by atoms with E-state index in [4.69, 9.17) is 10.5 Å². The maximum atomic E-state index is 12.1. The van der Waals surface area contributed by atoms with Crippen LogP contribution in [0.1, 0.15) is 5.56 Å². The molecule has 1 aromatic carbocycles. The molecular weight excluding hydrogens is 261 g/mol. The molecule has 19 heavy (non-hydrogen) atoms. The molecule has 1 N–H and O–H groups in total. The summed E-state index contributed by atoms with van der Waals surface area (Å²) in [5, 5.41) is 27.0. The Balaban J connectivity index is 2.95. The minimum absolute atomic E-state index is 0.239. The Bertz CT molecular complexity index is 504. The lowest BCUT2D eigenvalue weighted by atomic mass is 9.93. The van der Waals surface area contributed by atoms with Gasteiger partial charge in [0.05, 0.1) is 6.07 Å². The molecule has 0 heterocycles. The Morgan fingerprint density at radius 2 is 1.79 bits per heavy atom. The van der Waals surface area contributed by atoms with Gasteiger partial charge in [-0.05, 0) is 12.0 Å². The predicted molar refractivity (Wildman–Crippen MR) is 57.0 cm³/mol. The largest absolute Gasteiger partial charge is 0.525 e. The molecule has 0 spiro atoms. The van der Waals surface area contributed by atoms with Crippen molar-refractivity contribution in [1.82, 2.24) is 0 Å². The first-order valence-corrected chi connectivity index (χ1v) is 5.15. The van der Waals surface area contributed by atoms with Crippen LogP contribution in [0.15, 0.2) is 30.3 Å². The van der Waals surface area contributed by atoms with Crippen LogP contribution in [-0.4, -0.2) is 17.3 Å². The Kier molecular flexibility index (Phi) is 4.49. The van der Waals surface area contributed by atoms with E-state index in [2.05, 4.69) is 4.74 Å². The molecule has 1 aromatic rings. The van der Waals surface area contributed by atoms with Crippen molar-refractivity contribution in [1.29, 1.82) is 10.5 Å². The summed E-state index contributed by atoms with van der Waals surface area (Å²) in [4.78, 5) is 0. The SMILES string of the molecule is N#C[C@@H](Cc1ccccc1)[C@](O)(C#N)OC(F)(F)F. The highest BCUT2D eigenvalue weighted by Crippen LogP contribution is 2.30. The van der Waals surface area contributed by atoms with Gasteiger partial charge in [-0.25, -0.2) is 4.74 Å². The molecule has 1 rings (SSSR count). The van der Waals surface area contributed by atoms with Gasteiger partial charge < -0.3 is 5.11 Å². The van der Waals surface area contributed by atoms with Gasteiger partial charge in [0.25, 0.3) is 5.79 Å². The smallest absolute Gasteiger partial charge is 0.353 e. The number of nitriles is 2. The molecule has 0 unspecified atom stereocenters. The molecule has 0 aliphatic heterocycles. The average molecular weight is 270 g/mol. The topological polar surface area (TPSA) is 77.0 Å². The van der Waals surface area contributed by atoms with Gasteiger partial charge in [0.15, 0.2) is 0 Å². The van der Waals surface area contributed by atoms with Crippen LogP contribution in [0, 0.1) is 28.6 Å². The summed E-state index contributed by atoms with van der Waals surface area (Å²) >= 11 is 0. The Morgan fingerprint density at radius 3 is 2.21 bits per heavy atom. The number of aliphatic hydroxyl groups is 1. The number of hydrogen-bond donors (Lipinski definition) is 1. The standard InChI is InChI=1S/C12H9F3N2O2/c13-12(14,15)19-11(18,8-17)10(7-16)6-9-4-2-1-3-5-9/h1-5,10,18H,6H2/t10-,11+/m1/s1. The fourth-order valence-electron chi connectivity index (χ4n) is 1.47. The van der Waals surface area contributed by atoms with Crippen LogP contribution in [-0.2, 0) is 11.2 Å². The maximum absolute atomic E-state index is 12.1. The third-order valence-corrected chi connectivity index (χ3v) is 2.34. The van der Waals surface area contributed by atoms with E-state index in [0.29, 0.717) is 5.56 Å². The summed E-state index contributed by atoms with van der Waals surface area (Å²) in [6.07, 6.45) is -5.45. The van der Waals surface area contributed by atoms with Crippen LogP contribution in [0.3, 0.4) is 0 Å². The quantitative estimate of drug-likeness (QED) is 0.671. The van der Waals surface area contributed by atoms with Crippen LogP contribution >= 0.6 is 0 Å². The Hall–Kier alpha value is -2.09. The van der Waals surface area contributed by atoms with Crippen LogP contribution in [0.5, 0.6) is 0 Å². The highest BCUT2D eigenvalue weighted by Gasteiger charge is 2.48. The summed E-state index contributed by atoms with van der Waals surface area (Å²) < 4.78 is 39.8. The molecule has 0 amide bonds. The molecular formula is C12H9F3N2O2. The van der Waals surface area contributed by atoms with Gasteiger partial charge >= 0.3 is 6.36 Å². The lowest BCUT2D eigenvalue weighted by molar-refractivity contribution is -0.400. The second kappa shape index (κ2) is 5.70. The Labute approximate surface area is 107 Å². The number of rotatable bonds is 4. The fourth-order valence-corrected chi connectivity index (χ4v) is 1.47. The molecule has 100 valence electrons. The van der Waals surface area contributed by atoms with Gasteiger partial charge in [-0.2, -0.15) is 10.5 Å². The average Bonchev–Trinajstić information content (AvgIpc) is 2.35. The second-order valence-electron chi connectivity index (χ2n) is 3.73. The first-order chi connectivity index (χ1) is 8.80. The molecule has 2 atom stereocenters. The number of ether oxygens (including phenoxy) is 1. The van der Waals surface area contributed by atoms with Crippen molar-refractivity contribution in [3.8, 4) is 12.1 Å². The predicted octanol–water partition coefficient (Wildman–Crippen LogP) is 2.12. The summed E-state index contributed by atoms with van der Waals surface area (Å²) in [7, 11) is 0. The summed E-state index contributed by atoms with van der Waals surface area (Å²) in [6.45, 7) is 0. The van der Waals surface area contributed by atoms with E-state index in [0.717, 1.165) is 6.07 Å². The molecule has 0 aromatic heterocycles. The van der Waals surface area contributed by atoms with Crippen LogP contribution in [0.2, 0.25) is 0 Å². The van der Waals surface area contributed by atoms with E-state index < -0.39 is 18.1 Å². The summed E-state index contributed by atoms with van der Waals surface area (Å²) in [6, 6.07) is 10.5. The molecule has 4 nitrogen and oxygen atoms in total. The molecule has 7 heteroatoms. The molecule has 0 fully saturated rings. The molecule has 0 bridgehead atoms. The molecule has 0 aliphatic carbocycles. The number of nitrogens with zero attached hydrogens (tertiary/aromatic N) is 2. The lowest BCUT2D eigenvalue weighted by Crippen LogP contribution is -2.44. The van der Waals surface area contributed by atoms with E-state index in [1.807, 2.05) is 0 Å². The fraction of sp³-hybridized carbons (Fsp3) is 0.333. The van der Waals surface area contributed by atoms with Crippen LogP contribution < -0.4 is 0 Å². The first-order valence-electron chi connectivity index (χ1n) is 5.15. The van der Waals surface area contributed by atoms with Crippen molar-refractivity contribution < 1.29 is 23.0 Å². The monoisotopic (exact) mass is 270 g/mol. The number of hydrogen-bond acceptors (Lipinski definition) is 4. The van der Waals surface area contributed by atoms with Crippen LogP contribution in [0.25, 0.3) is 0 Å². The van der Waals surface area contributed by atoms with Gasteiger partial charge in [0.2, 0.25) is 0 Å². The highest BCUT2D eigenvalue weighted by atomic mass is 19.4. The summed E-state index contributed by atoms with van der Waals surface area (Å²) in [5.41, 5.74) is 0.508. The highest BCUT2D eigenvalue weighted by molar-refractivity contribution is 5.19. The zero-order valence-corrected chi connectivity index (χ0v) is 9.55. The third-order valence-electron chi connectivity index (χ3n) is 2.34. The summed E-state index contributed by atoms with van der Waals surface area (Å²) in [5.74, 6) is -4.90. The van der Waals surface area contributed by atoms with Gasteiger partial charge in [-0.1, -0.05) is 30.3 Å². The zero-order valence-electron chi connectivity index (χ0n) is 9.55. The van der Waals surface area contributed by atoms with E-state index in [9.17, 15) is 18.3 Å². The molecule has 0 saturated carbocycles. The van der Waals surface area contributed by atoms with E-state index >= 15 is 0 Å². The van der Waals surface area contributed by atoms with Crippen molar-refractivity contribution in [3.63, 3.8) is 0 Å². The molecule has 0 radical (unpaired) electrons. The minimum Gasteiger partial charge on any atom is -0.353 e. The van der Waals surface area contributed by atoms with Gasteiger partial charge in [0.1, 0.15) is 12.0 Å². The first kappa shape index (κ1) is 15.0. The van der Waals surface area contributed by atoms with Crippen LogP contribution in [0.4, 0.5) is 13.2 Å². The molecule has 0 saturated heterocycles. The van der Waals surface area contributed by atoms with Crippen molar-refractivity contribution in [2.24, 2.45) is 5.92 Å². The van der Waals surface area contributed by atoms with Crippen molar-refractivity contribution in [2.75, 3.05) is 0 Å². The zero-order chi connectivity index (χ0) is 14.5. The van der Waals surface area contributed by atoms with Gasteiger partial charge in [-0.15, -0.1) is 13.2 Å². The number of alkyl halides is 3. The minimum atomic E-state index is -5.21. The van der Waals surface area contributed by atoms with E-state index in [-0.39, 0.29) is 6.42 Å². The normalized spacial score (nSPS) is 15.9. The van der Waals surface area contributed by atoms with E-state index in [1.54, 1.807) is 30.3 Å². The van der Waals surface area contributed by atoms with Crippen molar-refractivity contribution in [3.05, 3.63) is 35.9 Å².